The van der Waals surface area contributed by atoms with Gasteiger partial charge in [-0.05, 0) is 42.7 Å². The average molecular weight is 360 g/mol. The summed E-state index contributed by atoms with van der Waals surface area (Å²) in [4.78, 5) is 12.8. The predicted octanol–water partition coefficient (Wildman–Crippen LogP) is 4.59. The lowest BCUT2D eigenvalue weighted by atomic mass is 10.1. The highest BCUT2D eigenvalue weighted by molar-refractivity contribution is 5.73. The molecule has 1 heterocycles. The van der Waals surface area contributed by atoms with Crippen LogP contribution < -0.4 is 10.4 Å². The molecule has 0 atom stereocenters. The molecule has 0 spiro atoms. The van der Waals surface area contributed by atoms with E-state index in [0.717, 1.165) is 33.7 Å². The highest BCUT2D eigenvalue weighted by atomic mass is 16.5. The minimum absolute atomic E-state index is 0.0821. The van der Waals surface area contributed by atoms with E-state index >= 15 is 0 Å². The quantitative estimate of drug-likeness (QED) is 0.603. The Labute approximate surface area is 159 Å². The first-order valence-electron chi connectivity index (χ1n) is 8.89. The van der Waals surface area contributed by atoms with E-state index in [1.807, 2.05) is 68.5 Å². The minimum Gasteiger partial charge on any atom is -0.496 e. The molecule has 3 rings (SSSR count). The number of aromatic nitrogens is 2. The maximum atomic E-state index is 12.8. The molecule has 0 unspecified atom stereocenters. The third-order valence-electron chi connectivity index (χ3n) is 4.70. The van der Waals surface area contributed by atoms with Gasteiger partial charge in [-0.2, -0.15) is 0 Å². The molecule has 0 radical (unpaired) electrons. The van der Waals surface area contributed by atoms with E-state index in [0.29, 0.717) is 6.54 Å². The van der Waals surface area contributed by atoms with E-state index in [-0.39, 0.29) is 5.69 Å². The Morgan fingerprint density at radius 2 is 1.89 bits per heavy atom. The van der Waals surface area contributed by atoms with Crippen LogP contribution in [0, 0.1) is 6.92 Å². The molecule has 0 saturated carbocycles. The van der Waals surface area contributed by atoms with Crippen molar-refractivity contribution in [3.63, 3.8) is 0 Å². The molecule has 27 heavy (non-hydrogen) atoms. The highest BCUT2D eigenvalue weighted by Gasteiger charge is 2.10. The molecule has 3 aromatic rings. The van der Waals surface area contributed by atoms with Gasteiger partial charge in [0.05, 0.1) is 19.3 Å². The predicted molar refractivity (Wildman–Crippen MR) is 111 cm³/mol. The maximum Gasteiger partial charge on any atom is 0.333 e. The molecule has 0 aliphatic carbocycles. The number of hydrogen-bond acceptors (Lipinski definition) is 2. The Kier molecular flexibility index (Phi) is 5.46. The normalized spacial score (nSPS) is 11.4. The molecule has 0 aliphatic rings. The summed E-state index contributed by atoms with van der Waals surface area (Å²) in [6.45, 7) is 8.28. The van der Waals surface area contributed by atoms with E-state index in [1.54, 1.807) is 28.6 Å². The van der Waals surface area contributed by atoms with Gasteiger partial charge in [-0.15, -0.1) is 0 Å². The molecule has 2 aromatic carbocycles. The zero-order chi connectivity index (χ0) is 19.4. The van der Waals surface area contributed by atoms with Crippen LogP contribution in [0.3, 0.4) is 0 Å². The Balaban J connectivity index is 1.91. The number of rotatable bonds is 6. The third-order valence-corrected chi connectivity index (χ3v) is 4.70. The van der Waals surface area contributed by atoms with Crippen molar-refractivity contribution in [2.24, 2.45) is 0 Å². The van der Waals surface area contributed by atoms with Crippen LogP contribution in [-0.2, 0) is 6.54 Å². The van der Waals surface area contributed by atoms with Gasteiger partial charge in [0.15, 0.2) is 0 Å². The molecule has 0 amide bonds. The van der Waals surface area contributed by atoms with Crippen LogP contribution in [-0.4, -0.2) is 16.2 Å². The largest absolute Gasteiger partial charge is 0.496 e. The third kappa shape index (κ3) is 3.65. The number of ether oxygens (including phenoxy) is 1. The van der Waals surface area contributed by atoms with Crippen LogP contribution in [0.1, 0.15) is 23.6 Å². The second kappa shape index (κ2) is 7.96. The Morgan fingerprint density at radius 3 is 2.52 bits per heavy atom. The molecule has 0 bridgehead atoms. The molecule has 4 nitrogen and oxygen atoms in total. The van der Waals surface area contributed by atoms with Crippen LogP contribution in [0.4, 0.5) is 0 Å². The summed E-state index contributed by atoms with van der Waals surface area (Å²) < 4.78 is 8.84. The summed E-state index contributed by atoms with van der Waals surface area (Å²) in [6.07, 6.45) is 7.44. The van der Waals surface area contributed by atoms with Gasteiger partial charge < -0.3 is 4.74 Å². The van der Waals surface area contributed by atoms with Gasteiger partial charge >= 0.3 is 5.69 Å². The van der Waals surface area contributed by atoms with Crippen LogP contribution in [0.25, 0.3) is 11.3 Å². The lowest BCUT2D eigenvalue weighted by molar-refractivity contribution is 0.405. The van der Waals surface area contributed by atoms with Gasteiger partial charge in [0.25, 0.3) is 0 Å². The number of methoxy groups -OCH3 is 1. The van der Waals surface area contributed by atoms with Crippen molar-refractivity contribution in [2.45, 2.75) is 20.4 Å². The van der Waals surface area contributed by atoms with Gasteiger partial charge in [-0.25, -0.2) is 4.79 Å². The summed E-state index contributed by atoms with van der Waals surface area (Å²) in [5, 5.41) is 0. The number of para-hydroxylation sites is 1. The number of benzene rings is 2. The smallest absolute Gasteiger partial charge is 0.333 e. The van der Waals surface area contributed by atoms with E-state index in [9.17, 15) is 4.79 Å². The first kappa shape index (κ1) is 18.5. The summed E-state index contributed by atoms with van der Waals surface area (Å²) in [6, 6.07) is 13.9. The molecule has 4 heteroatoms. The number of aryl methyl sites for hydroxylation is 1. The van der Waals surface area contributed by atoms with E-state index in [2.05, 4.69) is 6.58 Å². The van der Waals surface area contributed by atoms with E-state index in [1.165, 1.54) is 0 Å². The standard InChI is InChI=1S/C23H24N2O2/c1-5-18(6-2)19-10-12-21(13-11-19)25-15-14-24(23(25)26)16-20-9-7-8-17(3)22(20)27-4/h5-15H,1,16H2,2-4H3/b18-6+. The molecule has 138 valence electrons. The Bertz CT molecular complexity index is 1040. The van der Waals surface area contributed by atoms with Crippen molar-refractivity contribution in [3.8, 4) is 11.4 Å². The molecular weight excluding hydrogens is 336 g/mol. The van der Waals surface area contributed by atoms with Crippen LogP contribution >= 0.6 is 0 Å². The molecule has 0 aliphatic heterocycles. The van der Waals surface area contributed by atoms with Crippen molar-refractivity contribution in [1.82, 2.24) is 9.13 Å². The van der Waals surface area contributed by atoms with Crippen molar-refractivity contribution >= 4 is 5.57 Å². The molecule has 0 N–H and O–H groups in total. The molecule has 0 saturated heterocycles. The lowest BCUT2D eigenvalue weighted by Crippen LogP contribution is -2.23. The average Bonchev–Trinajstić information content (AvgIpc) is 3.04. The maximum absolute atomic E-state index is 12.8. The van der Waals surface area contributed by atoms with Gasteiger partial charge in [0.2, 0.25) is 0 Å². The highest BCUT2D eigenvalue weighted by Crippen LogP contribution is 2.23. The number of allylic oxidation sites excluding steroid dienone is 3. The van der Waals surface area contributed by atoms with Gasteiger partial charge in [0, 0.05) is 18.0 Å². The second-order valence-electron chi connectivity index (χ2n) is 6.34. The van der Waals surface area contributed by atoms with E-state index < -0.39 is 0 Å². The Morgan fingerprint density at radius 1 is 1.15 bits per heavy atom. The first-order chi connectivity index (χ1) is 13.1. The van der Waals surface area contributed by atoms with Crippen molar-refractivity contribution in [3.05, 3.63) is 101 Å². The fourth-order valence-electron chi connectivity index (χ4n) is 3.26. The van der Waals surface area contributed by atoms with Crippen LogP contribution in [0.5, 0.6) is 5.75 Å². The van der Waals surface area contributed by atoms with Crippen LogP contribution in [0.2, 0.25) is 0 Å². The van der Waals surface area contributed by atoms with Gasteiger partial charge in [-0.3, -0.25) is 9.13 Å². The van der Waals surface area contributed by atoms with Gasteiger partial charge in [-0.1, -0.05) is 49.1 Å². The van der Waals surface area contributed by atoms with Crippen LogP contribution in [0.15, 0.2) is 78.4 Å². The number of nitrogens with zero attached hydrogens (tertiary/aromatic N) is 2. The summed E-state index contributed by atoms with van der Waals surface area (Å²) in [7, 11) is 1.66. The fourth-order valence-corrected chi connectivity index (χ4v) is 3.26. The number of imidazole rings is 1. The fraction of sp³-hybridized carbons (Fsp3) is 0.174. The summed E-state index contributed by atoms with van der Waals surface area (Å²) in [5.74, 6) is 0.824. The molecule has 1 aromatic heterocycles. The minimum atomic E-state index is -0.0821. The summed E-state index contributed by atoms with van der Waals surface area (Å²) in [5.41, 5.74) is 4.93. The monoisotopic (exact) mass is 360 g/mol. The van der Waals surface area contributed by atoms with Crippen molar-refractivity contribution in [1.29, 1.82) is 0 Å². The topological polar surface area (TPSA) is 36.2 Å². The zero-order valence-electron chi connectivity index (χ0n) is 16.0. The zero-order valence-corrected chi connectivity index (χ0v) is 16.0. The van der Waals surface area contributed by atoms with Crippen molar-refractivity contribution in [2.75, 3.05) is 7.11 Å². The molecule has 0 fully saturated rings. The molecular formula is C23H24N2O2. The summed E-state index contributed by atoms with van der Waals surface area (Å²) >= 11 is 0. The Hall–Kier alpha value is -3.27. The SMILES string of the molecule is C=C/C(=C\C)c1ccc(-n2ccn(Cc3cccc(C)c3OC)c2=O)cc1. The van der Waals surface area contributed by atoms with E-state index in [4.69, 9.17) is 4.74 Å². The van der Waals surface area contributed by atoms with Crippen molar-refractivity contribution < 1.29 is 4.74 Å². The number of hydrogen-bond donors (Lipinski definition) is 0. The first-order valence-corrected chi connectivity index (χ1v) is 8.89. The van der Waals surface area contributed by atoms with Gasteiger partial charge in [0.1, 0.15) is 5.75 Å². The lowest BCUT2D eigenvalue weighted by Gasteiger charge is -2.11. The second-order valence-corrected chi connectivity index (χ2v) is 6.34.